The fraction of sp³-hybridized carbons (Fsp3) is 0.278. The van der Waals surface area contributed by atoms with Crippen LogP contribution in [0.3, 0.4) is 0 Å². The highest BCUT2D eigenvalue weighted by Gasteiger charge is 2.11. The van der Waals surface area contributed by atoms with E-state index >= 15 is 0 Å². The Morgan fingerprint density at radius 3 is 2.48 bits per heavy atom. The number of hydrogen-bond acceptors (Lipinski definition) is 5. The molecule has 0 saturated carbocycles. The summed E-state index contributed by atoms with van der Waals surface area (Å²) in [5, 5.41) is 22.1. The van der Waals surface area contributed by atoms with Crippen LogP contribution in [0.25, 0.3) is 0 Å². The summed E-state index contributed by atoms with van der Waals surface area (Å²) in [6, 6.07) is 12.9. The number of nitrogens with zero attached hydrogens (tertiary/aromatic N) is 1. The second-order valence-corrected chi connectivity index (χ2v) is 5.03. The molecule has 0 spiro atoms. The number of hydrogen-bond donors (Lipinski definition) is 2. The first kappa shape index (κ1) is 16.7. The number of benzene rings is 2. The summed E-state index contributed by atoms with van der Waals surface area (Å²) in [6.07, 6.45) is 0.721. The molecular formula is C18H20N2O3. The van der Waals surface area contributed by atoms with Crippen molar-refractivity contribution in [2.75, 3.05) is 20.8 Å². The van der Waals surface area contributed by atoms with Gasteiger partial charge in [-0.1, -0.05) is 18.2 Å². The fourth-order valence-corrected chi connectivity index (χ4v) is 2.35. The van der Waals surface area contributed by atoms with Crippen molar-refractivity contribution in [1.82, 2.24) is 5.32 Å². The maximum atomic E-state index is 9.73. The molecule has 0 amide bonds. The monoisotopic (exact) mass is 312 g/mol. The minimum Gasteiger partial charge on any atom is -0.508 e. The third kappa shape index (κ3) is 4.15. The van der Waals surface area contributed by atoms with E-state index in [1.54, 1.807) is 32.4 Å². The first-order valence-corrected chi connectivity index (χ1v) is 7.32. The third-order valence-corrected chi connectivity index (χ3v) is 3.60. The van der Waals surface area contributed by atoms with Crippen LogP contribution in [0.2, 0.25) is 0 Å². The van der Waals surface area contributed by atoms with Crippen LogP contribution in [0.5, 0.6) is 17.2 Å². The Bertz CT molecular complexity index is 708. The average Bonchev–Trinajstić information content (AvgIpc) is 2.59. The van der Waals surface area contributed by atoms with Crippen LogP contribution in [0.4, 0.5) is 0 Å². The second kappa shape index (κ2) is 8.06. The normalized spacial score (nSPS) is 10.1. The molecule has 2 aromatic rings. The van der Waals surface area contributed by atoms with Crippen molar-refractivity contribution in [3.63, 3.8) is 0 Å². The maximum Gasteiger partial charge on any atom is 0.137 e. The molecule has 0 aliphatic rings. The second-order valence-electron chi connectivity index (χ2n) is 5.03. The van der Waals surface area contributed by atoms with Gasteiger partial charge in [0.15, 0.2) is 0 Å². The van der Waals surface area contributed by atoms with Crippen molar-refractivity contribution in [3.8, 4) is 23.3 Å². The van der Waals surface area contributed by atoms with Crippen LogP contribution in [0.1, 0.15) is 16.7 Å². The lowest BCUT2D eigenvalue weighted by atomic mass is 10.1. The molecule has 0 radical (unpaired) electrons. The van der Waals surface area contributed by atoms with Gasteiger partial charge in [-0.25, -0.2) is 0 Å². The van der Waals surface area contributed by atoms with Crippen molar-refractivity contribution in [2.45, 2.75) is 13.0 Å². The van der Waals surface area contributed by atoms with Gasteiger partial charge in [0.25, 0.3) is 0 Å². The topological polar surface area (TPSA) is 74.5 Å². The Hall–Kier alpha value is -2.71. The van der Waals surface area contributed by atoms with E-state index in [0.29, 0.717) is 30.2 Å². The number of methoxy groups -OCH3 is 2. The lowest BCUT2D eigenvalue weighted by molar-refractivity contribution is 0.397. The Kier molecular flexibility index (Phi) is 5.84. The largest absolute Gasteiger partial charge is 0.508 e. The van der Waals surface area contributed by atoms with Crippen molar-refractivity contribution >= 4 is 0 Å². The molecule has 0 unspecified atom stereocenters. The predicted molar refractivity (Wildman–Crippen MR) is 87.8 cm³/mol. The third-order valence-electron chi connectivity index (χ3n) is 3.60. The SMILES string of the molecule is COc1cc(CCNCc2ccccc2O)c(OC)cc1C#N. The molecule has 0 aliphatic carbocycles. The predicted octanol–water partition coefficient (Wildman–Crippen LogP) is 2.61. The van der Waals surface area contributed by atoms with Gasteiger partial charge in [-0.15, -0.1) is 0 Å². The highest BCUT2D eigenvalue weighted by molar-refractivity contribution is 5.52. The number of nitriles is 1. The quantitative estimate of drug-likeness (QED) is 0.769. The molecule has 2 rings (SSSR count). The lowest BCUT2D eigenvalue weighted by Crippen LogP contribution is -2.17. The Morgan fingerprint density at radius 2 is 1.83 bits per heavy atom. The summed E-state index contributed by atoms with van der Waals surface area (Å²) in [6.45, 7) is 1.29. The van der Waals surface area contributed by atoms with E-state index in [2.05, 4.69) is 11.4 Å². The van der Waals surface area contributed by atoms with Crippen LogP contribution >= 0.6 is 0 Å². The molecule has 5 nitrogen and oxygen atoms in total. The van der Waals surface area contributed by atoms with Crippen LogP contribution < -0.4 is 14.8 Å². The van der Waals surface area contributed by atoms with Crippen molar-refractivity contribution in [2.24, 2.45) is 0 Å². The Balaban J connectivity index is 2.00. The van der Waals surface area contributed by atoms with Gasteiger partial charge in [0.05, 0.1) is 19.8 Å². The fourth-order valence-electron chi connectivity index (χ4n) is 2.35. The molecule has 0 atom stereocenters. The van der Waals surface area contributed by atoms with E-state index in [9.17, 15) is 5.11 Å². The van der Waals surface area contributed by atoms with Gasteiger partial charge >= 0.3 is 0 Å². The minimum atomic E-state index is 0.289. The molecule has 0 bridgehead atoms. The minimum absolute atomic E-state index is 0.289. The number of rotatable bonds is 7. The molecule has 0 aromatic heterocycles. The van der Waals surface area contributed by atoms with E-state index in [0.717, 1.165) is 17.5 Å². The number of para-hydroxylation sites is 1. The summed E-state index contributed by atoms with van der Waals surface area (Å²) in [4.78, 5) is 0. The van der Waals surface area contributed by atoms with E-state index in [-0.39, 0.29) is 5.75 Å². The summed E-state index contributed by atoms with van der Waals surface area (Å²) < 4.78 is 10.6. The maximum absolute atomic E-state index is 9.73. The molecule has 2 N–H and O–H groups in total. The van der Waals surface area contributed by atoms with Crippen molar-refractivity contribution in [1.29, 1.82) is 5.26 Å². The van der Waals surface area contributed by atoms with Gasteiger partial charge in [0.2, 0.25) is 0 Å². The number of phenolic OH excluding ortho intramolecular Hbond substituents is 1. The smallest absolute Gasteiger partial charge is 0.137 e. The highest BCUT2D eigenvalue weighted by Crippen LogP contribution is 2.28. The zero-order valence-electron chi connectivity index (χ0n) is 13.3. The molecule has 120 valence electrons. The summed E-state index contributed by atoms with van der Waals surface area (Å²) in [7, 11) is 3.13. The molecular weight excluding hydrogens is 292 g/mol. The number of phenols is 1. The Morgan fingerprint density at radius 1 is 1.09 bits per heavy atom. The van der Waals surface area contributed by atoms with Gasteiger partial charge in [-0.2, -0.15) is 5.26 Å². The van der Waals surface area contributed by atoms with Crippen molar-refractivity contribution in [3.05, 3.63) is 53.1 Å². The Labute approximate surface area is 136 Å². The first-order valence-electron chi connectivity index (χ1n) is 7.32. The van der Waals surface area contributed by atoms with E-state index < -0.39 is 0 Å². The average molecular weight is 312 g/mol. The van der Waals surface area contributed by atoms with Crippen LogP contribution in [0.15, 0.2) is 36.4 Å². The van der Waals surface area contributed by atoms with E-state index in [1.807, 2.05) is 18.2 Å². The van der Waals surface area contributed by atoms with Gasteiger partial charge < -0.3 is 19.9 Å². The lowest BCUT2D eigenvalue weighted by Gasteiger charge is -2.12. The summed E-state index contributed by atoms with van der Waals surface area (Å²) in [5.41, 5.74) is 2.28. The van der Waals surface area contributed by atoms with Crippen LogP contribution in [-0.2, 0) is 13.0 Å². The first-order chi connectivity index (χ1) is 11.2. The zero-order valence-corrected chi connectivity index (χ0v) is 13.3. The van der Waals surface area contributed by atoms with Crippen LogP contribution in [-0.4, -0.2) is 25.9 Å². The molecule has 2 aromatic carbocycles. The molecule has 23 heavy (non-hydrogen) atoms. The van der Waals surface area contributed by atoms with Gasteiger partial charge in [-0.05, 0) is 30.7 Å². The molecule has 0 fully saturated rings. The summed E-state index contributed by atoms with van der Waals surface area (Å²) in [5.74, 6) is 1.51. The summed E-state index contributed by atoms with van der Waals surface area (Å²) >= 11 is 0. The highest BCUT2D eigenvalue weighted by atomic mass is 16.5. The van der Waals surface area contributed by atoms with Gasteiger partial charge in [0.1, 0.15) is 23.3 Å². The molecule has 0 aliphatic heterocycles. The van der Waals surface area contributed by atoms with Gasteiger partial charge in [0, 0.05) is 18.2 Å². The molecule has 0 heterocycles. The van der Waals surface area contributed by atoms with Crippen molar-refractivity contribution < 1.29 is 14.6 Å². The number of ether oxygens (including phenoxy) is 2. The van der Waals surface area contributed by atoms with E-state index in [4.69, 9.17) is 14.7 Å². The standard InChI is InChI=1S/C18H20N2O3/c1-22-17-10-15(11-19)18(23-2)9-13(17)7-8-20-12-14-5-3-4-6-16(14)21/h3-6,9-10,20-21H,7-8,12H2,1-2H3. The zero-order chi connectivity index (χ0) is 16.7. The number of nitrogens with one attached hydrogen (secondary N) is 1. The van der Waals surface area contributed by atoms with E-state index in [1.165, 1.54) is 0 Å². The van der Waals surface area contributed by atoms with Gasteiger partial charge in [-0.3, -0.25) is 0 Å². The molecule has 5 heteroatoms. The van der Waals surface area contributed by atoms with Crippen LogP contribution in [0, 0.1) is 11.3 Å². The molecule has 0 saturated heterocycles. The number of aromatic hydroxyl groups is 1.